The fourth-order valence-electron chi connectivity index (χ4n) is 4.51. The summed E-state index contributed by atoms with van der Waals surface area (Å²) >= 11 is 0. The van der Waals surface area contributed by atoms with E-state index in [0.717, 1.165) is 25.7 Å². The molecule has 0 aromatic heterocycles. The molecule has 0 spiro atoms. The summed E-state index contributed by atoms with van der Waals surface area (Å²) in [6, 6.07) is 6.53. The zero-order valence-corrected chi connectivity index (χ0v) is 16.5. The minimum Gasteiger partial charge on any atom is -0.400 e. The molecule has 1 aromatic rings. The lowest BCUT2D eigenvalue weighted by Crippen LogP contribution is -2.48. The van der Waals surface area contributed by atoms with E-state index in [1.54, 1.807) is 18.2 Å². The van der Waals surface area contributed by atoms with Gasteiger partial charge in [0.15, 0.2) is 11.6 Å². The molecule has 0 saturated heterocycles. The average Bonchev–Trinajstić information content (AvgIpc) is 2.68. The molecule has 1 saturated carbocycles. The largest absolute Gasteiger partial charge is 0.400 e. The van der Waals surface area contributed by atoms with E-state index in [0.29, 0.717) is 11.3 Å². The first-order valence-electron chi connectivity index (χ1n) is 9.56. The van der Waals surface area contributed by atoms with Crippen LogP contribution in [0.4, 0.5) is 0 Å². The first-order chi connectivity index (χ1) is 13.7. The number of carbonyl (C=O) groups is 2. The molecule has 0 amide bonds. The molecule has 0 bridgehead atoms. The molecule has 3 aliphatic carbocycles. The maximum atomic E-state index is 13.3. The van der Waals surface area contributed by atoms with E-state index in [2.05, 4.69) is 5.32 Å². The van der Waals surface area contributed by atoms with Gasteiger partial charge in [-0.05, 0) is 31.8 Å². The average molecular weight is 417 g/mol. The van der Waals surface area contributed by atoms with Crippen LogP contribution in [0.2, 0.25) is 0 Å². The SMILES string of the molecule is NC1=C(S(=O)(=O)O)C=C(NC2CCC(N)CC2)C2C(=O)c3ccccc3C(=O)C12. The molecule has 9 heteroatoms. The highest BCUT2D eigenvalue weighted by Gasteiger charge is 2.48. The molecule has 8 nitrogen and oxygen atoms in total. The number of ketones is 2. The first kappa shape index (κ1) is 19.8. The third-order valence-corrected chi connectivity index (χ3v) is 6.93. The standard InChI is InChI=1S/C20H23N3O5S/c21-10-5-7-11(8-6-10)23-14-9-15(29(26,27)28)18(22)17-16(14)19(24)12-3-1-2-4-13(12)20(17)25/h1-4,9-11,16-17,23H,5-8,21-22H2,(H,26,27,28). The van der Waals surface area contributed by atoms with Gasteiger partial charge < -0.3 is 16.8 Å². The van der Waals surface area contributed by atoms with Crippen LogP contribution < -0.4 is 16.8 Å². The summed E-state index contributed by atoms with van der Waals surface area (Å²) in [7, 11) is -4.67. The summed E-state index contributed by atoms with van der Waals surface area (Å²) in [6.45, 7) is 0. The van der Waals surface area contributed by atoms with Gasteiger partial charge >= 0.3 is 0 Å². The number of rotatable bonds is 3. The Labute approximate surface area is 168 Å². The Morgan fingerprint density at radius 1 is 0.966 bits per heavy atom. The van der Waals surface area contributed by atoms with Crippen LogP contribution in [0, 0.1) is 11.8 Å². The zero-order valence-electron chi connectivity index (χ0n) is 15.7. The van der Waals surface area contributed by atoms with Crippen LogP contribution in [0.5, 0.6) is 0 Å². The Balaban J connectivity index is 1.81. The summed E-state index contributed by atoms with van der Waals surface area (Å²) in [5.74, 6) is -2.85. The molecular formula is C20H23N3O5S. The van der Waals surface area contributed by atoms with E-state index < -0.39 is 32.6 Å². The fourth-order valence-corrected chi connectivity index (χ4v) is 5.21. The predicted octanol–water partition coefficient (Wildman–Crippen LogP) is 1.11. The lowest BCUT2D eigenvalue weighted by Gasteiger charge is -2.38. The van der Waals surface area contributed by atoms with Crippen LogP contribution in [0.1, 0.15) is 46.4 Å². The van der Waals surface area contributed by atoms with Crippen molar-refractivity contribution in [2.24, 2.45) is 23.3 Å². The molecule has 2 unspecified atom stereocenters. The van der Waals surface area contributed by atoms with Crippen molar-refractivity contribution in [3.05, 3.63) is 57.8 Å². The van der Waals surface area contributed by atoms with Crippen LogP contribution in [0.25, 0.3) is 0 Å². The van der Waals surface area contributed by atoms with Gasteiger partial charge in [0.2, 0.25) is 0 Å². The second-order valence-electron chi connectivity index (χ2n) is 7.88. The van der Waals surface area contributed by atoms with Crippen LogP contribution >= 0.6 is 0 Å². The molecule has 154 valence electrons. The summed E-state index contributed by atoms with van der Waals surface area (Å²) in [5.41, 5.74) is 12.5. The summed E-state index contributed by atoms with van der Waals surface area (Å²) in [5, 5.41) is 3.25. The molecular weight excluding hydrogens is 394 g/mol. The summed E-state index contributed by atoms with van der Waals surface area (Å²) in [6.07, 6.45) is 4.32. The fraction of sp³-hybridized carbons (Fsp3) is 0.400. The second kappa shape index (κ2) is 7.08. The Bertz CT molecular complexity index is 1050. The van der Waals surface area contributed by atoms with Gasteiger partial charge in [-0.2, -0.15) is 8.42 Å². The van der Waals surface area contributed by atoms with Crippen molar-refractivity contribution >= 4 is 21.7 Å². The van der Waals surface area contributed by atoms with Gasteiger partial charge in [-0.25, -0.2) is 0 Å². The number of nitrogens with two attached hydrogens (primary N) is 2. The van der Waals surface area contributed by atoms with Crippen LogP contribution in [0.15, 0.2) is 46.6 Å². The predicted molar refractivity (Wildman–Crippen MR) is 106 cm³/mol. The van der Waals surface area contributed by atoms with Gasteiger partial charge in [0.05, 0.1) is 11.8 Å². The lowest BCUT2D eigenvalue weighted by atomic mass is 9.69. The van der Waals surface area contributed by atoms with Crippen molar-refractivity contribution in [1.82, 2.24) is 5.32 Å². The Morgan fingerprint density at radius 2 is 1.52 bits per heavy atom. The van der Waals surface area contributed by atoms with Gasteiger partial charge in [-0.3, -0.25) is 14.1 Å². The number of Topliss-reactive ketones (excluding diaryl/α,β-unsaturated/α-hetero) is 2. The number of carbonyl (C=O) groups excluding carboxylic acids is 2. The Hall–Kier alpha value is -2.49. The summed E-state index contributed by atoms with van der Waals surface area (Å²) < 4.78 is 33.5. The highest BCUT2D eigenvalue weighted by molar-refractivity contribution is 7.90. The van der Waals surface area contributed by atoms with Crippen molar-refractivity contribution in [1.29, 1.82) is 0 Å². The monoisotopic (exact) mass is 417 g/mol. The van der Waals surface area contributed by atoms with Gasteiger partial charge in [0.1, 0.15) is 4.91 Å². The van der Waals surface area contributed by atoms with Gasteiger partial charge in [0, 0.05) is 34.6 Å². The molecule has 1 aromatic carbocycles. The maximum Gasteiger partial charge on any atom is 0.296 e. The third kappa shape index (κ3) is 3.39. The number of allylic oxidation sites excluding steroid dienone is 3. The van der Waals surface area contributed by atoms with E-state index in [1.807, 2.05) is 0 Å². The molecule has 1 fully saturated rings. The highest BCUT2D eigenvalue weighted by Crippen LogP contribution is 2.42. The third-order valence-electron chi connectivity index (χ3n) is 6.02. The van der Waals surface area contributed by atoms with Crippen molar-refractivity contribution < 1.29 is 22.6 Å². The molecule has 29 heavy (non-hydrogen) atoms. The smallest absolute Gasteiger partial charge is 0.296 e. The van der Waals surface area contributed by atoms with Gasteiger partial charge in [-0.1, -0.05) is 24.3 Å². The van der Waals surface area contributed by atoms with Gasteiger partial charge in [-0.15, -0.1) is 0 Å². The topological polar surface area (TPSA) is 153 Å². The highest BCUT2D eigenvalue weighted by atomic mass is 32.2. The van der Waals surface area contributed by atoms with Crippen molar-refractivity contribution in [2.75, 3.05) is 0 Å². The van der Waals surface area contributed by atoms with Crippen molar-refractivity contribution in [3.63, 3.8) is 0 Å². The van der Waals surface area contributed by atoms with Crippen molar-refractivity contribution in [2.45, 2.75) is 37.8 Å². The molecule has 6 N–H and O–H groups in total. The normalized spacial score (nSPS) is 29.8. The molecule has 4 rings (SSSR count). The molecule has 0 heterocycles. The van der Waals surface area contributed by atoms with Crippen molar-refractivity contribution in [3.8, 4) is 0 Å². The van der Waals surface area contributed by atoms with Crippen LogP contribution in [0.3, 0.4) is 0 Å². The second-order valence-corrected chi connectivity index (χ2v) is 9.27. The minimum absolute atomic E-state index is 0.0104. The number of hydrogen-bond donors (Lipinski definition) is 4. The van der Waals surface area contributed by atoms with E-state index in [4.69, 9.17) is 11.5 Å². The van der Waals surface area contributed by atoms with E-state index in [1.165, 1.54) is 12.1 Å². The van der Waals surface area contributed by atoms with Gasteiger partial charge in [0.25, 0.3) is 10.1 Å². The Morgan fingerprint density at radius 3 is 2.07 bits per heavy atom. The molecule has 3 aliphatic rings. The lowest BCUT2D eigenvalue weighted by molar-refractivity contribution is 0.0776. The van der Waals surface area contributed by atoms with E-state index >= 15 is 0 Å². The Kier molecular flexibility index (Phi) is 4.84. The number of fused-ring (bicyclic) bond motifs is 2. The van der Waals surface area contributed by atoms with E-state index in [9.17, 15) is 22.6 Å². The number of hydrogen-bond acceptors (Lipinski definition) is 7. The minimum atomic E-state index is -4.67. The number of nitrogens with one attached hydrogen (secondary N) is 1. The van der Waals surface area contributed by atoms with Crippen LogP contribution in [-0.2, 0) is 10.1 Å². The zero-order chi connectivity index (χ0) is 20.9. The maximum absolute atomic E-state index is 13.3. The quantitative estimate of drug-likeness (QED) is 0.534. The number of benzene rings is 1. The van der Waals surface area contributed by atoms with E-state index in [-0.39, 0.29) is 29.1 Å². The summed E-state index contributed by atoms with van der Waals surface area (Å²) in [4.78, 5) is 25.9. The first-order valence-corrected chi connectivity index (χ1v) is 11.0. The molecule has 0 radical (unpaired) electrons. The molecule has 2 atom stereocenters. The van der Waals surface area contributed by atoms with Crippen LogP contribution in [-0.4, -0.2) is 36.6 Å². The molecule has 0 aliphatic heterocycles.